The highest BCUT2D eigenvalue weighted by molar-refractivity contribution is 9.09. The Kier molecular flexibility index (Phi) is 11.7. The second-order valence-corrected chi connectivity index (χ2v) is 13.4. The molecule has 0 saturated carbocycles. The molecule has 10 heteroatoms. The lowest BCUT2D eigenvalue weighted by atomic mass is 9.85. The Morgan fingerprint density at radius 2 is 1.80 bits per heavy atom. The molecule has 1 aliphatic heterocycles. The third-order valence-electron chi connectivity index (χ3n) is 7.35. The van der Waals surface area contributed by atoms with Crippen molar-refractivity contribution >= 4 is 45.0 Å². The number of nitrogens with one attached hydrogen (secondary N) is 2. The summed E-state index contributed by atoms with van der Waals surface area (Å²) in [7, 11) is 0. The standard InChI is InChI=1S/C30H43BrN4O4S/c1-19(21-11-13-22(14-12-21)26-20(2)32-18-40-26)33-28(38)24-16-23(36)17-35(24)29(39)27(30(3,4)5)34-25(37)10-8-6-7-9-15-31/h11-14,18-19,23-24,27,36H,6-10,15-17H2,1-5H3,(H,33,38)(H,34,37)/t19?,23-,24+,27?/m1/s1. The zero-order valence-electron chi connectivity index (χ0n) is 24.2. The first-order valence-corrected chi connectivity index (χ1v) is 16.1. The number of hydrogen-bond acceptors (Lipinski definition) is 6. The molecule has 1 saturated heterocycles. The number of halogens is 1. The van der Waals surface area contributed by atoms with Crippen LogP contribution in [0.4, 0.5) is 0 Å². The third kappa shape index (κ3) is 8.60. The number of carbonyl (C=O) groups is 3. The Bertz CT molecular complexity index is 1150. The van der Waals surface area contributed by atoms with E-state index in [1.165, 1.54) is 4.90 Å². The number of nitrogens with zero attached hydrogens (tertiary/aromatic N) is 2. The molecule has 0 spiro atoms. The minimum atomic E-state index is -0.810. The van der Waals surface area contributed by atoms with Crippen molar-refractivity contribution in [3.8, 4) is 10.4 Å². The van der Waals surface area contributed by atoms with Gasteiger partial charge < -0.3 is 20.6 Å². The minimum Gasteiger partial charge on any atom is -0.391 e. The van der Waals surface area contributed by atoms with Gasteiger partial charge in [0.15, 0.2) is 0 Å². The number of aliphatic hydroxyl groups excluding tert-OH is 1. The number of alkyl halides is 1. The van der Waals surface area contributed by atoms with Gasteiger partial charge in [0.25, 0.3) is 0 Å². The number of thiazole rings is 1. The van der Waals surface area contributed by atoms with Gasteiger partial charge in [0, 0.05) is 24.7 Å². The predicted octanol–water partition coefficient (Wildman–Crippen LogP) is 5.13. The van der Waals surface area contributed by atoms with E-state index in [2.05, 4.69) is 31.5 Å². The Balaban J connectivity index is 1.65. The van der Waals surface area contributed by atoms with Gasteiger partial charge in [-0.2, -0.15) is 0 Å². The van der Waals surface area contributed by atoms with Gasteiger partial charge in [-0.05, 0) is 43.2 Å². The van der Waals surface area contributed by atoms with E-state index < -0.39 is 23.6 Å². The van der Waals surface area contributed by atoms with E-state index in [0.717, 1.165) is 52.7 Å². The topological polar surface area (TPSA) is 112 Å². The lowest BCUT2D eigenvalue weighted by molar-refractivity contribution is -0.144. The Morgan fingerprint density at radius 3 is 2.40 bits per heavy atom. The molecule has 1 aromatic heterocycles. The lowest BCUT2D eigenvalue weighted by Crippen LogP contribution is -2.57. The average molecular weight is 636 g/mol. The second-order valence-electron chi connectivity index (χ2n) is 11.7. The number of β-amino-alcohol motifs (C(OH)–C–C–N with tert-alkyl or cyclic N) is 1. The molecule has 1 fully saturated rings. The van der Waals surface area contributed by atoms with Crippen molar-refractivity contribution in [1.29, 1.82) is 0 Å². The highest BCUT2D eigenvalue weighted by atomic mass is 79.9. The van der Waals surface area contributed by atoms with Crippen LogP contribution in [0.3, 0.4) is 0 Å². The van der Waals surface area contributed by atoms with Gasteiger partial charge in [0.1, 0.15) is 12.1 Å². The molecule has 3 amide bonds. The van der Waals surface area contributed by atoms with Gasteiger partial charge in [-0.25, -0.2) is 4.98 Å². The number of aromatic nitrogens is 1. The van der Waals surface area contributed by atoms with Crippen molar-refractivity contribution in [2.45, 2.75) is 97.4 Å². The summed E-state index contributed by atoms with van der Waals surface area (Å²) in [6, 6.07) is 6.10. The zero-order valence-corrected chi connectivity index (χ0v) is 26.6. The van der Waals surface area contributed by atoms with Crippen LogP contribution in [-0.2, 0) is 14.4 Å². The molecule has 2 heterocycles. The first-order valence-electron chi connectivity index (χ1n) is 14.1. The summed E-state index contributed by atoms with van der Waals surface area (Å²) >= 11 is 5.01. The Morgan fingerprint density at radius 1 is 1.12 bits per heavy atom. The summed E-state index contributed by atoms with van der Waals surface area (Å²) in [4.78, 5) is 46.7. The maximum absolute atomic E-state index is 13.7. The summed E-state index contributed by atoms with van der Waals surface area (Å²) in [5, 5.41) is 17.4. The molecule has 0 bridgehead atoms. The predicted molar refractivity (Wildman–Crippen MR) is 163 cm³/mol. The van der Waals surface area contributed by atoms with Crippen LogP contribution in [-0.4, -0.2) is 62.8 Å². The van der Waals surface area contributed by atoms with E-state index >= 15 is 0 Å². The molecule has 8 nitrogen and oxygen atoms in total. The van der Waals surface area contributed by atoms with Crippen molar-refractivity contribution in [2.75, 3.05) is 11.9 Å². The molecule has 0 radical (unpaired) electrons. The number of amides is 3. The van der Waals surface area contributed by atoms with E-state index in [9.17, 15) is 19.5 Å². The quantitative estimate of drug-likeness (QED) is 0.221. The third-order valence-corrected chi connectivity index (χ3v) is 8.89. The van der Waals surface area contributed by atoms with Crippen molar-refractivity contribution < 1.29 is 19.5 Å². The number of carbonyl (C=O) groups excluding carboxylic acids is 3. The normalized spacial score (nSPS) is 18.8. The smallest absolute Gasteiger partial charge is 0.246 e. The SMILES string of the molecule is Cc1ncsc1-c1ccc(C(C)NC(=O)[C@@H]2C[C@@H](O)CN2C(=O)C(NC(=O)CCCCCCBr)C(C)(C)C)cc1. The average Bonchev–Trinajstić information content (AvgIpc) is 3.51. The summed E-state index contributed by atoms with van der Waals surface area (Å²) in [5.74, 6) is -0.821. The highest BCUT2D eigenvalue weighted by Crippen LogP contribution is 2.29. The number of unbranched alkanes of at least 4 members (excludes halogenated alkanes) is 3. The molecule has 3 rings (SSSR count). The molecule has 1 aliphatic rings. The van der Waals surface area contributed by atoms with Crippen LogP contribution >= 0.6 is 27.3 Å². The summed E-state index contributed by atoms with van der Waals surface area (Å²) < 4.78 is 0. The van der Waals surface area contributed by atoms with Crippen molar-refractivity contribution in [1.82, 2.24) is 20.5 Å². The summed E-state index contributed by atoms with van der Waals surface area (Å²) in [5.41, 5.74) is 4.26. The Hall–Kier alpha value is -2.30. The van der Waals surface area contributed by atoms with Gasteiger partial charge in [-0.1, -0.05) is 73.8 Å². The fourth-order valence-corrected chi connectivity index (χ4v) is 6.19. The van der Waals surface area contributed by atoms with Gasteiger partial charge in [-0.15, -0.1) is 11.3 Å². The molecule has 220 valence electrons. The van der Waals surface area contributed by atoms with Gasteiger partial charge >= 0.3 is 0 Å². The molecule has 0 aliphatic carbocycles. The van der Waals surface area contributed by atoms with E-state index in [1.807, 2.05) is 64.4 Å². The monoisotopic (exact) mass is 634 g/mol. The fourth-order valence-electron chi connectivity index (χ4n) is 4.98. The maximum Gasteiger partial charge on any atom is 0.246 e. The molecule has 1 aromatic carbocycles. The van der Waals surface area contributed by atoms with E-state index in [1.54, 1.807) is 11.3 Å². The van der Waals surface area contributed by atoms with Crippen LogP contribution in [0, 0.1) is 12.3 Å². The van der Waals surface area contributed by atoms with Gasteiger partial charge in [-0.3, -0.25) is 14.4 Å². The van der Waals surface area contributed by atoms with E-state index in [0.29, 0.717) is 6.42 Å². The van der Waals surface area contributed by atoms with Crippen LogP contribution in [0.15, 0.2) is 29.8 Å². The van der Waals surface area contributed by atoms with E-state index in [4.69, 9.17) is 0 Å². The first kappa shape index (κ1) is 32.2. The van der Waals surface area contributed by atoms with Gasteiger partial charge in [0.2, 0.25) is 17.7 Å². The highest BCUT2D eigenvalue weighted by Gasteiger charge is 2.44. The van der Waals surface area contributed by atoms with Crippen LogP contribution in [0.5, 0.6) is 0 Å². The summed E-state index contributed by atoms with van der Waals surface area (Å²) in [6.07, 6.45) is 3.56. The molecule has 40 heavy (non-hydrogen) atoms. The molecule has 4 atom stereocenters. The number of likely N-dealkylation sites (tertiary alicyclic amines) is 1. The number of aliphatic hydroxyl groups is 1. The molecule has 2 aromatic rings. The van der Waals surface area contributed by atoms with Crippen molar-refractivity contribution in [2.24, 2.45) is 5.41 Å². The minimum absolute atomic E-state index is 0.0587. The largest absolute Gasteiger partial charge is 0.391 e. The van der Waals surface area contributed by atoms with Crippen LogP contribution in [0.1, 0.15) is 83.5 Å². The molecule has 2 unspecified atom stereocenters. The summed E-state index contributed by atoms with van der Waals surface area (Å²) in [6.45, 7) is 9.63. The van der Waals surface area contributed by atoms with Crippen LogP contribution in [0.25, 0.3) is 10.4 Å². The van der Waals surface area contributed by atoms with Crippen LogP contribution in [0.2, 0.25) is 0 Å². The first-order chi connectivity index (χ1) is 18.9. The Labute approximate surface area is 250 Å². The van der Waals surface area contributed by atoms with Crippen molar-refractivity contribution in [3.63, 3.8) is 0 Å². The van der Waals surface area contributed by atoms with E-state index in [-0.39, 0.29) is 36.7 Å². The number of benzene rings is 1. The molecular formula is C30H43BrN4O4S. The second kappa shape index (κ2) is 14.5. The number of hydrogen-bond donors (Lipinski definition) is 3. The molecular weight excluding hydrogens is 592 g/mol. The fraction of sp³-hybridized carbons (Fsp3) is 0.600. The lowest BCUT2D eigenvalue weighted by Gasteiger charge is -2.35. The maximum atomic E-state index is 13.7. The van der Waals surface area contributed by atoms with Crippen LogP contribution < -0.4 is 10.6 Å². The number of rotatable bonds is 12. The van der Waals surface area contributed by atoms with Crippen molar-refractivity contribution in [3.05, 3.63) is 41.0 Å². The molecule has 3 N–H and O–H groups in total. The number of aryl methyl sites for hydroxylation is 1. The zero-order chi connectivity index (χ0) is 29.4. The van der Waals surface area contributed by atoms with Gasteiger partial charge in [0.05, 0.1) is 28.2 Å².